The molecular formula is C9H24N2. The Bertz CT molecular complexity index is 60.6. The van der Waals surface area contributed by atoms with E-state index in [1.165, 1.54) is 13.0 Å². The molecule has 0 saturated carbocycles. The van der Waals surface area contributed by atoms with Crippen molar-refractivity contribution >= 4 is 0 Å². The monoisotopic (exact) mass is 160 g/mol. The average Bonchev–Trinajstić information content (AvgIpc) is 1.89. The van der Waals surface area contributed by atoms with E-state index in [1.54, 1.807) is 0 Å². The van der Waals surface area contributed by atoms with Gasteiger partial charge < -0.3 is 9.80 Å². The second-order valence-corrected chi connectivity index (χ2v) is 3.20. The smallest absolute Gasteiger partial charge is 0.00275 e. The highest BCUT2D eigenvalue weighted by atomic mass is 15.0. The molecule has 0 N–H and O–H groups in total. The second kappa shape index (κ2) is 9.92. The maximum atomic E-state index is 2.18. The van der Waals surface area contributed by atoms with Crippen LogP contribution in [-0.2, 0) is 0 Å². The zero-order chi connectivity index (χ0) is 9.28. The van der Waals surface area contributed by atoms with Crippen molar-refractivity contribution in [1.82, 2.24) is 9.80 Å². The van der Waals surface area contributed by atoms with Crippen molar-refractivity contribution in [2.45, 2.75) is 20.3 Å². The first kappa shape index (κ1) is 13.5. The SMILES string of the molecule is CCCN(C)C.CCN(C)C. The summed E-state index contributed by atoms with van der Waals surface area (Å²) in [7, 11) is 8.28. The summed E-state index contributed by atoms with van der Waals surface area (Å²) >= 11 is 0. The number of nitrogens with zero attached hydrogens (tertiary/aromatic N) is 2. The first-order valence-corrected chi connectivity index (χ1v) is 4.34. The Morgan fingerprint density at radius 3 is 1.18 bits per heavy atom. The molecule has 0 aromatic heterocycles. The van der Waals surface area contributed by atoms with Crippen LogP contribution in [0.4, 0.5) is 0 Å². The number of rotatable bonds is 3. The summed E-state index contributed by atoms with van der Waals surface area (Å²) in [6, 6.07) is 0. The lowest BCUT2D eigenvalue weighted by molar-refractivity contribution is 0.408. The van der Waals surface area contributed by atoms with E-state index in [2.05, 4.69) is 51.8 Å². The van der Waals surface area contributed by atoms with Crippen LogP contribution in [0.15, 0.2) is 0 Å². The van der Waals surface area contributed by atoms with Crippen molar-refractivity contribution in [3.05, 3.63) is 0 Å². The largest absolute Gasteiger partial charge is 0.310 e. The molecule has 0 saturated heterocycles. The summed E-state index contributed by atoms with van der Waals surface area (Å²) in [5.41, 5.74) is 0. The highest BCUT2D eigenvalue weighted by molar-refractivity contribution is 4.34. The molecule has 0 aliphatic heterocycles. The molecular weight excluding hydrogens is 136 g/mol. The maximum absolute atomic E-state index is 2.18. The van der Waals surface area contributed by atoms with Crippen LogP contribution in [0.25, 0.3) is 0 Å². The predicted molar refractivity (Wildman–Crippen MR) is 53.1 cm³/mol. The molecule has 70 valence electrons. The summed E-state index contributed by atoms with van der Waals surface area (Å²) in [5, 5.41) is 0. The van der Waals surface area contributed by atoms with Crippen LogP contribution in [0.2, 0.25) is 0 Å². The van der Waals surface area contributed by atoms with Crippen molar-refractivity contribution < 1.29 is 0 Å². The van der Waals surface area contributed by atoms with Gasteiger partial charge in [-0.05, 0) is 47.7 Å². The van der Waals surface area contributed by atoms with Crippen LogP contribution in [-0.4, -0.2) is 51.1 Å². The van der Waals surface area contributed by atoms with Crippen molar-refractivity contribution in [3.63, 3.8) is 0 Å². The lowest BCUT2D eigenvalue weighted by atomic mass is 10.5. The molecule has 0 atom stereocenters. The van der Waals surface area contributed by atoms with Gasteiger partial charge in [0.25, 0.3) is 0 Å². The van der Waals surface area contributed by atoms with Gasteiger partial charge in [-0.25, -0.2) is 0 Å². The van der Waals surface area contributed by atoms with Gasteiger partial charge in [0.1, 0.15) is 0 Å². The summed E-state index contributed by atoms with van der Waals surface area (Å²) in [5.74, 6) is 0. The second-order valence-electron chi connectivity index (χ2n) is 3.20. The minimum atomic E-state index is 1.14. The summed E-state index contributed by atoms with van der Waals surface area (Å²) in [6.07, 6.45) is 1.26. The van der Waals surface area contributed by atoms with Gasteiger partial charge in [0, 0.05) is 0 Å². The molecule has 0 amide bonds. The molecule has 0 rings (SSSR count). The summed E-state index contributed by atoms with van der Waals surface area (Å²) in [4.78, 5) is 4.31. The third kappa shape index (κ3) is 25.7. The number of hydrogen-bond donors (Lipinski definition) is 0. The summed E-state index contributed by atoms with van der Waals surface area (Å²) in [6.45, 7) is 6.65. The Kier molecular flexibility index (Phi) is 12.2. The molecule has 0 aromatic rings. The molecule has 0 aliphatic rings. The van der Waals surface area contributed by atoms with Crippen LogP contribution in [0.3, 0.4) is 0 Å². The van der Waals surface area contributed by atoms with Gasteiger partial charge in [-0.1, -0.05) is 13.8 Å². The van der Waals surface area contributed by atoms with Gasteiger partial charge in [0.15, 0.2) is 0 Å². The molecule has 0 bridgehead atoms. The van der Waals surface area contributed by atoms with Crippen LogP contribution in [0.1, 0.15) is 20.3 Å². The van der Waals surface area contributed by atoms with Gasteiger partial charge in [-0.3, -0.25) is 0 Å². The van der Waals surface area contributed by atoms with E-state index in [0.717, 1.165) is 6.54 Å². The molecule has 0 aromatic carbocycles. The molecule has 0 heterocycles. The van der Waals surface area contributed by atoms with Crippen molar-refractivity contribution in [1.29, 1.82) is 0 Å². The van der Waals surface area contributed by atoms with Crippen LogP contribution in [0, 0.1) is 0 Å². The van der Waals surface area contributed by atoms with E-state index in [-0.39, 0.29) is 0 Å². The zero-order valence-corrected chi connectivity index (χ0v) is 9.02. The van der Waals surface area contributed by atoms with Crippen LogP contribution in [0.5, 0.6) is 0 Å². The first-order valence-electron chi connectivity index (χ1n) is 4.34. The molecule has 0 unspecified atom stereocenters. The minimum absolute atomic E-state index is 1.14. The van der Waals surface area contributed by atoms with Gasteiger partial charge in [-0.15, -0.1) is 0 Å². The van der Waals surface area contributed by atoms with Crippen molar-refractivity contribution in [3.8, 4) is 0 Å². The fourth-order valence-corrected chi connectivity index (χ4v) is 0.447. The minimum Gasteiger partial charge on any atom is -0.310 e. The Balaban J connectivity index is 0. The first-order chi connectivity index (χ1) is 5.04. The molecule has 2 heteroatoms. The molecule has 0 spiro atoms. The lowest BCUT2D eigenvalue weighted by Crippen LogP contribution is -2.11. The lowest BCUT2D eigenvalue weighted by Gasteiger charge is -2.03. The molecule has 2 nitrogen and oxygen atoms in total. The Hall–Kier alpha value is -0.0800. The van der Waals surface area contributed by atoms with E-state index < -0.39 is 0 Å². The molecule has 0 aliphatic carbocycles. The Morgan fingerprint density at radius 2 is 1.18 bits per heavy atom. The van der Waals surface area contributed by atoms with Crippen LogP contribution >= 0.6 is 0 Å². The van der Waals surface area contributed by atoms with E-state index in [0.29, 0.717) is 0 Å². The van der Waals surface area contributed by atoms with Gasteiger partial charge >= 0.3 is 0 Å². The van der Waals surface area contributed by atoms with E-state index >= 15 is 0 Å². The van der Waals surface area contributed by atoms with Gasteiger partial charge in [-0.2, -0.15) is 0 Å². The average molecular weight is 160 g/mol. The molecule has 0 fully saturated rings. The fourth-order valence-electron chi connectivity index (χ4n) is 0.447. The van der Waals surface area contributed by atoms with Crippen LogP contribution < -0.4 is 0 Å². The summed E-state index contributed by atoms with van der Waals surface area (Å²) < 4.78 is 0. The zero-order valence-electron chi connectivity index (χ0n) is 9.02. The van der Waals surface area contributed by atoms with Crippen molar-refractivity contribution in [2.24, 2.45) is 0 Å². The molecule has 0 radical (unpaired) electrons. The van der Waals surface area contributed by atoms with E-state index in [4.69, 9.17) is 0 Å². The van der Waals surface area contributed by atoms with Crippen molar-refractivity contribution in [2.75, 3.05) is 41.3 Å². The highest BCUT2D eigenvalue weighted by Crippen LogP contribution is 1.76. The maximum Gasteiger partial charge on any atom is -0.00275 e. The number of hydrogen-bond acceptors (Lipinski definition) is 2. The topological polar surface area (TPSA) is 6.48 Å². The molecule has 11 heavy (non-hydrogen) atoms. The highest BCUT2D eigenvalue weighted by Gasteiger charge is 1.79. The van der Waals surface area contributed by atoms with Gasteiger partial charge in [0.05, 0.1) is 0 Å². The Labute approximate surface area is 72.2 Å². The van der Waals surface area contributed by atoms with E-state index in [9.17, 15) is 0 Å². The van der Waals surface area contributed by atoms with E-state index in [1.807, 2.05) is 0 Å². The third-order valence-corrected chi connectivity index (χ3v) is 1.30. The third-order valence-electron chi connectivity index (χ3n) is 1.30. The standard InChI is InChI=1S/C5H13N.C4H11N/c1-4-5-6(2)3;1-4-5(2)3/h4-5H2,1-3H3;4H2,1-3H3. The normalized spacial score (nSPS) is 9.82. The van der Waals surface area contributed by atoms with Gasteiger partial charge in [0.2, 0.25) is 0 Å². The Morgan fingerprint density at radius 1 is 0.818 bits per heavy atom. The quantitative estimate of drug-likeness (QED) is 0.618. The predicted octanol–water partition coefficient (Wildman–Crippen LogP) is 1.53. The fraction of sp³-hybridized carbons (Fsp3) is 1.00.